The summed E-state index contributed by atoms with van der Waals surface area (Å²) in [6.07, 6.45) is 2.84. The van der Waals surface area contributed by atoms with Gasteiger partial charge in [-0.25, -0.2) is 4.79 Å². The summed E-state index contributed by atoms with van der Waals surface area (Å²) in [4.78, 5) is 12.0. The Bertz CT molecular complexity index is 846. The van der Waals surface area contributed by atoms with Gasteiger partial charge in [0, 0.05) is 5.56 Å². The second-order valence-electron chi connectivity index (χ2n) is 6.96. The predicted molar refractivity (Wildman–Crippen MR) is 101 cm³/mol. The van der Waals surface area contributed by atoms with E-state index in [-0.39, 0.29) is 17.8 Å². The highest BCUT2D eigenvalue weighted by Gasteiger charge is 2.26. The molecule has 0 fully saturated rings. The Labute approximate surface area is 149 Å². The van der Waals surface area contributed by atoms with E-state index in [0.29, 0.717) is 17.1 Å². The Morgan fingerprint density at radius 1 is 1.08 bits per heavy atom. The number of esters is 1. The van der Waals surface area contributed by atoms with Crippen LogP contribution in [0.2, 0.25) is 0 Å². The number of ether oxygens (including phenoxy) is 1. The molecule has 0 radical (unpaired) electrons. The van der Waals surface area contributed by atoms with Gasteiger partial charge in [0.05, 0.1) is 5.56 Å². The molecule has 0 saturated carbocycles. The number of aromatic hydroxyl groups is 1. The van der Waals surface area contributed by atoms with E-state index in [9.17, 15) is 9.90 Å². The molecule has 2 aromatic carbocycles. The van der Waals surface area contributed by atoms with Gasteiger partial charge < -0.3 is 9.84 Å². The second-order valence-corrected chi connectivity index (χ2v) is 6.96. The highest BCUT2D eigenvalue weighted by molar-refractivity contribution is 6.05. The number of hydrogen-bond donors (Lipinski definition) is 1. The third-order valence-corrected chi connectivity index (χ3v) is 4.87. The average Bonchev–Trinajstić information content (AvgIpc) is 2.91. The number of carbonyl (C=O) groups excluding carboxylic acids is 1. The molecule has 3 nitrogen and oxygen atoms in total. The lowest BCUT2D eigenvalue weighted by atomic mass is 9.89. The van der Waals surface area contributed by atoms with Crippen LogP contribution < -0.4 is 0 Å². The molecule has 0 spiro atoms. The van der Waals surface area contributed by atoms with E-state index in [4.69, 9.17) is 4.74 Å². The molecule has 0 amide bonds. The summed E-state index contributed by atoms with van der Waals surface area (Å²) in [7, 11) is 0. The quantitative estimate of drug-likeness (QED) is 0.729. The number of rotatable bonds is 4. The van der Waals surface area contributed by atoms with Gasteiger partial charge in [-0.05, 0) is 59.2 Å². The number of phenolic OH excluding ortho intramolecular Hbond substituents is 1. The first-order valence-electron chi connectivity index (χ1n) is 8.82. The molecule has 1 aliphatic heterocycles. The van der Waals surface area contributed by atoms with E-state index < -0.39 is 0 Å². The third-order valence-electron chi connectivity index (χ3n) is 4.87. The van der Waals surface area contributed by atoms with Gasteiger partial charge >= 0.3 is 5.97 Å². The maximum absolute atomic E-state index is 12.0. The fraction of sp³-hybridized carbons (Fsp3) is 0.318. The summed E-state index contributed by atoms with van der Waals surface area (Å²) in [5, 5.41) is 10.6. The molecule has 3 heteroatoms. The number of hydrogen-bond acceptors (Lipinski definition) is 3. The van der Waals surface area contributed by atoms with Crippen molar-refractivity contribution in [2.75, 3.05) is 0 Å². The Morgan fingerprint density at radius 2 is 1.72 bits per heavy atom. The zero-order valence-electron chi connectivity index (χ0n) is 15.2. The minimum atomic E-state index is -0.313. The van der Waals surface area contributed by atoms with Crippen molar-refractivity contribution in [3.8, 4) is 5.75 Å². The van der Waals surface area contributed by atoms with Gasteiger partial charge in [0.2, 0.25) is 0 Å². The fourth-order valence-corrected chi connectivity index (χ4v) is 3.17. The van der Waals surface area contributed by atoms with Crippen molar-refractivity contribution in [1.82, 2.24) is 0 Å². The summed E-state index contributed by atoms with van der Waals surface area (Å²) in [5.41, 5.74) is 4.22. The van der Waals surface area contributed by atoms with Crippen LogP contribution in [-0.2, 0) is 4.74 Å². The first kappa shape index (κ1) is 17.3. The van der Waals surface area contributed by atoms with Crippen molar-refractivity contribution in [1.29, 1.82) is 0 Å². The maximum Gasteiger partial charge on any atom is 0.344 e. The number of fused-ring (bicyclic) bond motifs is 1. The van der Waals surface area contributed by atoms with Crippen LogP contribution in [0.1, 0.15) is 78.6 Å². The molecule has 3 rings (SSSR count). The van der Waals surface area contributed by atoms with Crippen molar-refractivity contribution in [3.05, 3.63) is 64.2 Å². The Kier molecular flexibility index (Phi) is 4.67. The lowest BCUT2D eigenvalue weighted by Gasteiger charge is -2.18. The molecule has 25 heavy (non-hydrogen) atoms. The number of carbonyl (C=O) groups is 1. The van der Waals surface area contributed by atoms with Gasteiger partial charge in [-0.15, -0.1) is 0 Å². The molecule has 0 bridgehead atoms. The van der Waals surface area contributed by atoms with Crippen molar-refractivity contribution in [2.45, 2.75) is 46.0 Å². The van der Waals surface area contributed by atoms with Crippen molar-refractivity contribution < 1.29 is 14.6 Å². The first-order valence-corrected chi connectivity index (χ1v) is 8.82. The van der Waals surface area contributed by atoms with E-state index in [2.05, 4.69) is 27.7 Å². The van der Waals surface area contributed by atoms with E-state index in [0.717, 1.165) is 28.7 Å². The second kappa shape index (κ2) is 6.75. The zero-order chi connectivity index (χ0) is 18.1. The smallest absolute Gasteiger partial charge is 0.344 e. The lowest BCUT2D eigenvalue weighted by molar-refractivity contribution is 0.0717. The van der Waals surface area contributed by atoms with Crippen LogP contribution in [0.5, 0.6) is 5.75 Å². The van der Waals surface area contributed by atoms with E-state index in [1.165, 1.54) is 0 Å². The summed E-state index contributed by atoms with van der Waals surface area (Å²) in [5.74, 6) is 1.10. The first-order chi connectivity index (χ1) is 11.9. The third kappa shape index (κ3) is 3.19. The number of benzene rings is 2. The van der Waals surface area contributed by atoms with Gasteiger partial charge in [-0.2, -0.15) is 0 Å². The lowest BCUT2D eigenvalue weighted by Crippen LogP contribution is -1.99. The van der Waals surface area contributed by atoms with Crippen molar-refractivity contribution in [3.63, 3.8) is 0 Å². The summed E-state index contributed by atoms with van der Waals surface area (Å²) >= 11 is 0. The molecule has 1 N–H and O–H groups in total. The average molecular weight is 336 g/mol. The normalized spacial score (nSPS) is 16.2. The molecule has 2 aromatic rings. The van der Waals surface area contributed by atoms with Crippen LogP contribution in [0.15, 0.2) is 36.4 Å². The Balaban J connectivity index is 2.12. The summed E-state index contributed by atoms with van der Waals surface area (Å²) in [6, 6.07) is 11.4. The summed E-state index contributed by atoms with van der Waals surface area (Å²) in [6.45, 7) is 8.36. The van der Waals surface area contributed by atoms with E-state index in [1.807, 2.05) is 36.4 Å². The zero-order valence-corrected chi connectivity index (χ0v) is 15.2. The molecule has 130 valence electrons. The van der Waals surface area contributed by atoms with Crippen molar-refractivity contribution >= 4 is 17.8 Å². The summed E-state index contributed by atoms with van der Waals surface area (Å²) < 4.78 is 5.45. The molecular formula is C22H24O3. The monoisotopic (exact) mass is 336 g/mol. The predicted octanol–water partition coefficient (Wildman–Crippen LogP) is 5.70. The minimum Gasteiger partial charge on any atom is -0.507 e. The molecule has 1 heterocycles. The molecular weight excluding hydrogens is 312 g/mol. The van der Waals surface area contributed by atoms with Gasteiger partial charge in [0.1, 0.15) is 11.5 Å². The van der Waals surface area contributed by atoms with Crippen LogP contribution in [-0.4, -0.2) is 11.1 Å². The highest BCUT2D eigenvalue weighted by Crippen LogP contribution is 2.38. The Hall–Kier alpha value is -2.55. The largest absolute Gasteiger partial charge is 0.507 e. The van der Waals surface area contributed by atoms with Crippen LogP contribution in [0.4, 0.5) is 0 Å². The van der Waals surface area contributed by atoms with E-state index in [1.54, 1.807) is 6.07 Å². The maximum atomic E-state index is 12.0. The molecule has 0 aliphatic carbocycles. The van der Waals surface area contributed by atoms with Gasteiger partial charge in [-0.1, -0.05) is 45.9 Å². The number of cyclic esters (lactones) is 1. The topological polar surface area (TPSA) is 46.5 Å². The van der Waals surface area contributed by atoms with Crippen LogP contribution in [0.25, 0.3) is 11.8 Å². The van der Waals surface area contributed by atoms with Crippen LogP contribution in [0.3, 0.4) is 0 Å². The molecule has 1 aliphatic rings. The Morgan fingerprint density at radius 3 is 2.36 bits per heavy atom. The molecule has 1 atom stereocenters. The SMILES string of the molecule is CC[C@H](C)c1cc(/C=C2/OC(=O)c3ccccc32)cc(C(C)C)c1O. The molecule has 0 unspecified atom stereocenters. The molecule has 0 aromatic heterocycles. The highest BCUT2D eigenvalue weighted by atomic mass is 16.5. The van der Waals surface area contributed by atoms with Gasteiger partial charge in [-0.3, -0.25) is 0 Å². The fourth-order valence-electron chi connectivity index (χ4n) is 3.17. The van der Waals surface area contributed by atoms with Gasteiger partial charge in [0.15, 0.2) is 0 Å². The molecule has 0 saturated heterocycles. The van der Waals surface area contributed by atoms with E-state index >= 15 is 0 Å². The minimum absolute atomic E-state index is 0.208. The number of phenols is 1. The standard InChI is InChI=1S/C22H24O3/c1-5-14(4)19-11-15(10-18(13(2)3)21(19)23)12-20-16-8-6-7-9-17(16)22(24)25-20/h6-14,23H,5H2,1-4H3/b20-12+/t14-/m0/s1. The van der Waals surface area contributed by atoms with Crippen LogP contribution >= 0.6 is 0 Å². The van der Waals surface area contributed by atoms with Gasteiger partial charge in [0.25, 0.3) is 0 Å². The van der Waals surface area contributed by atoms with Crippen molar-refractivity contribution in [2.24, 2.45) is 0 Å². The van der Waals surface area contributed by atoms with Crippen LogP contribution in [0, 0.1) is 0 Å².